The number of methoxy groups -OCH3 is 1. The van der Waals surface area contributed by atoms with Crippen molar-refractivity contribution < 1.29 is 4.74 Å². The van der Waals surface area contributed by atoms with Crippen molar-refractivity contribution in [2.45, 2.75) is 19.9 Å². The SMILES string of the molecule is CCN1CCc2nc(NCCOC)sc2C1. The summed E-state index contributed by atoms with van der Waals surface area (Å²) in [5.74, 6) is 0. The molecule has 0 radical (unpaired) electrons. The third-order valence-electron chi connectivity index (χ3n) is 2.84. The lowest BCUT2D eigenvalue weighted by Gasteiger charge is -2.23. The number of anilines is 1. The van der Waals surface area contributed by atoms with Gasteiger partial charge in [0, 0.05) is 38.0 Å². The van der Waals surface area contributed by atoms with Gasteiger partial charge in [0.15, 0.2) is 5.13 Å². The van der Waals surface area contributed by atoms with Gasteiger partial charge in [-0.1, -0.05) is 6.92 Å². The summed E-state index contributed by atoms with van der Waals surface area (Å²) < 4.78 is 5.01. The maximum atomic E-state index is 5.01. The molecule has 0 atom stereocenters. The molecule has 1 N–H and O–H groups in total. The van der Waals surface area contributed by atoms with Gasteiger partial charge in [-0.3, -0.25) is 4.90 Å². The fraction of sp³-hybridized carbons (Fsp3) is 0.727. The van der Waals surface area contributed by atoms with Crippen LogP contribution in [0.2, 0.25) is 0 Å². The summed E-state index contributed by atoms with van der Waals surface area (Å²) in [6.45, 7) is 7.11. The second-order valence-corrected chi connectivity index (χ2v) is 5.01. The Morgan fingerprint density at radius 1 is 1.56 bits per heavy atom. The first-order valence-corrected chi connectivity index (χ1v) is 6.59. The molecule has 5 heteroatoms. The molecule has 4 nitrogen and oxygen atoms in total. The Morgan fingerprint density at radius 3 is 3.19 bits per heavy atom. The lowest BCUT2D eigenvalue weighted by atomic mass is 10.2. The summed E-state index contributed by atoms with van der Waals surface area (Å²) in [6, 6.07) is 0. The molecule has 0 aromatic carbocycles. The van der Waals surface area contributed by atoms with Crippen molar-refractivity contribution in [2.24, 2.45) is 0 Å². The van der Waals surface area contributed by atoms with E-state index in [1.807, 2.05) is 0 Å². The van der Waals surface area contributed by atoms with Crippen molar-refractivity contribution in [3.8, 4) is 0 Å². The lowest BCUT2D eigenvalue weighted by Crippen LogP contribution is -2.29. The topological polar surface area (TPSA) is 37.4 Å². The zero-order valence-corrected chi connectivity index (χ0v) is 10.8. The number of hydrogen-bond acceptors (Lipinski definition) is 5. The molecule has 2 heterocycles. The summed E-state index contributed by atoms with van der Waals surface area (Å²) >= 11 is 1.79. The highest BCUT2D eigenvalue weighted by molar-refractivity contribution is 7.15. The molecule has 1 aliphatic rings. The van der Waals surface area contributed by atoms with E-state index in [0.717, 1.165) is 44.3 Å². The minimum atomic E-state index is 0.728. The summed E-state index contributed by atoms with van der Waals surface area (Å²) in [4.78, 5) is 8.50. The van der Waals surface area contributed by atoms with Crippen LogP contribution < -0.4 is 5.32 Å². The number of nitrogens with zero attached hydrogens (tertiary/aromatic N) is 2. The van der Waals surface area contributed by atoms with Gasteiger partial charge in [-0.25, -0.2) is 4.98 Å². The van der Waals surface area contributed by atoms with Crippen LogP contribution >= 0.6 is 11.3 Å². The molecular weight excluding hydrogens is 222 g/mol. The number of rotatable bonds is 5. The van der Waals surface area contributed by atoms with E-state index in [1.165, 1.54) is 10.6 Å². The van der Waals surface area contributed by atoms with Crippen LogP contribution in [-0.2, 0) is 17.7 Å². The second kappa shape index (κ2) is 5.61. The van der Waals surface area contributed by atoms with E-state index < -0.39 is 0 Å². The van der Waals surface area contributed by atoms with Crippen LogP contribution in [0.5, 0.6) is 0 Å². The lowest BCUT2D eigenvalue weighted by molar-refractivity contribution is 0.211. The van der Waals surface area contributed by atoms with Crippen LogP contribution in [0, 0.1) is 0 Å². The fourth-order valence-electron chi connectivity index (χ4n) is 1.85. The summed E-state index contributed by atoms with van der Waals surface area (Å²) in [5.41, 5.74) is 1.29. The molecule has 2 rings (SSSR count). The summed E-state index contributed by atoms with van der Waals surface area (Å²) in [7, 11) is 1.72. The summed E-state index contributed by atoms with van der Waals surface area (Å²) in [5, 5.41) is 4.34. The first-order valence-electron chi connectivity index (χ1n) is 5.77. The highest BCUT2D eigenvalue weighted by Crippen LogP contribution is 2.27. The van der Waals surface area contributed by atoms with E-state index in [2.05, 4.69) is 22.1 Å². The number of aromatic nitrogens is 1. The first-order chi connectivity index (χ1) is 7.83. The summed E-state index contributed by atoms with van der Waals surface area (Å²) in [6.07, 6.45) is 1.09. The Kier molecular flexibility index (Phi) is 4.15. The Morgan fingerprint density at radius 2 is 2.44 bits per heavy atom. The van der Waals surface area contributed by atoms with Gasteiger partial charge in [-0.2, -0.15) is 0 Å². The predicted octanol–water partition coefficient (Wildman–Crippen LogP) is 1.58. The Labute approximate surface area is 101 Å². The van der Waals surface area contributed by atoms with Crippen molar-refractivity contribution in [3.05, 3.63) is 10.6 Å². The van der Waals surface area contributed by atoms with Crippen LogP contribution in [0.25, 0.3) is 0 Å². The van der Waals surface area contributed by atoms with Gasteiger partial charge >= 0.3 is 0 Å². The molecule has 1 aliphatic heterocycles. The molecule has 1 aromatic heterocycles. The molecule has 0 aliphatic carbocycles. The van der Waals surface area contributed by atoms with E-state index in [0.29, 0.717) is 0 Å². The second-order valence-electron chi connectivity index (χ2n) is 3.93. The number of fused-ring (bicyclic) bond motifs is 1. The molecule has 16 heavy (non-hydrogen) atoms. The Bertz CT molecular complexity index is 340. The van der Waals surface area contributed by atoms with Crippen molar-refractivity contribution >= 4 is 16.5 Å². The molecule has 1 aromatic rings. The van der Waals surface area contributed by atoms with Crippen molar-refractivity contribution in [1.29, 1.82) is 0 Å². The average Bonchev–Trinajstić information content (AvgIpc) is 2.70. The number of thiazole rings is 1. The minimum Gasteiger partial charge on any atom is -0.383 e. The third-order valence-corrected chi connectivity index (χ3v) is 3.88. The van der Waals surface area contributed by atoms with Gasteiger partial charge in [0.1, 0.15) is 0 Å². The molecule has 0 saturated heterocycles. The molecular formula is C11H19N3OS. The van der Waals surface area contributed by atoms with Gasteiger partial charge in [0.25, 0.3) is 0 Å². The van der Waals surface area contributed by atoms with Crippen LogP contribution in [0.3, 0.4) is 0 Å². The van der Waals surface area contributed by atoms with Gasteiger partial charge in [0.2, 0.25) is 0 Å². The molecule has 0 fully saturated rings. The van der Waals surface area contributed by atoms with Crippen molar-refractivity contribution in [2.75, 3.05) is 38.7 Å². The zero-order valence-electron chi connectivity index (χ0n) is 9.95. The maximum Gasteiger partial charge on any atom is 0.183 e. The van der Waals surface area contributed by atoms with E-state index in [9.17, 15) is 0 Å². The normalized spacial score (nSPS) is 16.1. The molecule has 0 spiro atoms. The van der Waals surface area contributed by atoms with E-state index in [4.69, 9.17) is 4.74 Å². The first kappa shape index (κ1) is 11.8. The molecule has 0 bridgehead atoms. The monoisotopic (exact) mass is 241 g/mol. The number of nitrogens with one attached hydrogen (secondary N) is 1. The van der Waals surface area contributed by atoms with Crippen molar-refractivity contribution in [3.63, 3.8) is 0 Å². The van der Waals surface area contributed by atoms with Crippen LogP contribution in [0.4, 0.5) is 5.13 Å². The molecule has 0 amide bonds. The smallest absolute Gasteiger partial charge is 0.183 e. The highest BCUT2D eigenvalue weighted by Gasteiger charge is 2.19. The largest absolute Gasteiger partial charge is 0.383 e. The van der Waals surface area contributed by atoms with E-state index in [-0.39, 0.29) is 0 Å². The van der Waals surface area contributed by atoms with Crippen LogP contribution in [0.1, 0.15) is 17.5 Å². The fourth-order valence-corrected chi connectivity index (χ4v) is 2.93. The molecule has 0 unspecified atom stereocenters. The number of hydrogen-bond donors (Lipinski definition) is 1. The van der Waals surface area contributed by atoms with Gasteiger partial charge in [-0.15, -0.1) is 11.3 Å². The molecule has 0 saturated carbocycles. The number of likely N-dealkylation sites (N-methyl/N-ethyl adjacent to an activating group) is 1. The molecule has 90 valence electrons. The minimum absolute atomic E-state index is 0.728. The average molecular weight is 241 g/mol. The zero-order chi connectivity index (χ0) is 11.4. The highest BCUT2D eigenvalue weighted by atomic mass is 32.1. The maximum absolute atomic E-state index is 5.01. The third kappa shape index (κ3) is 2.72. The van der Waals surface area contributed by atoms with Gasteiger partial charge in [0.05, 0.1) is 12.3 Å². The van der Waals surface area contributed by atoms with Gasteiger partial charge < -0.3 is 10.1 Å². The standard InChI is InChI=1S/C11H19N3OS/c1-3-14-6-4-9-10(8-14)16-11(13-9)12-5-7-15-2/h3-8H2,1-2H3,(H,12,13). The number of ether oxygens (including phenoxy) is 1. The van der Waals surface area contributed by atoms with Crippen LogP contribution in [0.15, 0.2) is 0 Å². The van der Waals surface area contributed by atoms with Gasteiger partial charge in [-0.05, 0) is 6.54 Å². The van der Waals surface area contributed by atoms with E-state index >= 15 is 0 Å². The van der Waals surface area contributed by atoms with E-state index in [1.54, 1.807) is 18.4 Å². The van der Waals surface area contributed by atoms with Crippen molar-refractivity contribution in [1.82, 2.24) is 9.88 Å². The Balaban J connectivity index is 1.95. The predicted molar refractivity (Wildman–Crippen MR) is 67.1 cm³/mol. The Hall–Kier alpha value is -0.650. The van der Waals surface area contributed by atoms with Crippen LogP contribution in [-0.4, -0.2) is 43.2 Å². The quantitative estimate of drug-likeness (QED) is 0.794.